The van der Waals surface area contributed by atoms with Crippen LogP contribution in [-0.2, 0) is 0 Å². The van der Waals surface area contributed by atoms with Gasteiger partial charge in [0, 0.05) is 49.3 Å². The van der Waals surface area contributed by atoms with Crippen molar-refractivity contribution in [3.8, 4) is 0 Å². The van der Waals surface area contributed by atoms with Crippen LogP contribution >= 0.6 is 28.3 Å². The van der Waals surface area contributed by atoms with E-state index in [1.54, 1.807) is 0 Å². The molecule has 0 unspecified atom stereocenters. The Kier molecular flexibility index (Phi) is 6.84. The fourth-order valence-corrected chi connectivity index (χ4v) is 3.10. The molecular formula is C17H21BrClN3O. The van der Waals surface area contributed by atoms with Crippen LogP contribution < -0.4 is 10.6 Å². The minimum Gasteiger partial charge on any atom is -0.351 e. The van der Waals surface area contributed by atoms with Crippen molar-refractivity contribution >= 4 is 45.0 Å². The fourth-order valence-electron chi connectivity index (χ4n) is 2.72. The molecule has 124 valence electrons. The zero-order valence-electron chi connectivity index (χ0n) is 12.8. The Morgan fingerprint density at radius 1 is 1.13 bits per heavy atom. The number of nitrogens with zero attached hydrogens (tertiary/aromatic N) is 1. The van der Waals surface area contributed by atoms with Gasteiger partial charge >= 0.3 is 0 Å². The Morgan fingerprint density at radius 3 is 2.61 bits per heavy atom. The fraction of sp³-hybridized carbons (Fsp3) is 0.353. The van der Waals surface area contributed by atoms with Gasteiger partial charge in [0.2, 0.25) is 0 Å². The standard InChI is InChI=1S/C17H20BrN3O.ClH/c18-16-4-3-13-11-15(2-1-14(13)12-16)17(22)20-7-10-21-8-5-19-6-9-21;/h1-4,11-12,19H,5-10H2,(H,20,22);1H. The number of carbonyl (C=O) groups excluding carboxylic acids is 1. The van der Waals surface area contributed by atoms with Crippen molar-refractivity contribution in [2.75, 3.05) is 39.3 Å². The molecule has 1 heterocycles. The average Bonchev–Trinajstić information content (AvgIpc) is 2.55. The number of carbonyl (C=O) groups is 1. The molecule has 3 rings (SSSR count). The molecule has 1 aliphatic heterocycles. The van der Waals surface area contributed by atoms with Crippen molar-refractivity contribution in [3.63, 3.8) is 0 Å². The molecule has 23 heavy (non-hydrogen) atoms. The van der Waals surface area contributed by atoms with E-state index in [1.807, 2.05) is 30.3 Å². The van der Waals surface area contributed by atoms with Crippen molar-refractivity contribution in [2.45, 2.75) is 0 Å². The van der Waals surface area contributed by atoms with Crippen LogP contribution in [0.1, 0.15) is 10.4 Å². The smallest absolute Gasteiger partial charge is 0.251 e. The highest BCUT2D eigenvalue weighted by atomic mass is 79.9. The Labute approximate surface area is 151 Å². The maximum Gasteiger partial charge on any atom is 0.251 e. The molecule has 1 saturated heterocycles. The van der Waals surface area contributed by atoms with Gasteiger partial charge in [-0.1, -0.05) is 28.1 Å². The third-order valence-corrected chi connectivity index (χ3v) is 4.48. The number of fused-ring (bicyclic) bond motifs is 1. The van der Waals surface area contributed by atoms with Gasteiger partial charge in [0.25, 0.3) is 5.91 Å². The van der Waals surface area contributed by atoms with Crippen LogP contribution in [0.4, 0.5) is 0 Å². The first-order valence-corrected chi connectivity index (χ1v) is 8.42. The van der Waals surface area contributed by atoms with Crippen LogP contribution in [0.2, 0.25) is 0 Å². The Bertz CT molecular complexity index is 674. The lowest BCUT2D eigenvalue weighted by molar-refractivity contribution is 0.0947. The summed E-state index contributed by atoms with van der Waals surface area (Å²) in [6, 6.07) is 11.9. The van der Waals surface area contributed by atoms with Crippen molar-refractivity contribution < 1.29 is 4.79 Å². The van der Waals surface area contributed by atoms with E-state index in [9.17, 15) is 4.79 Å². The predicted molar refractivity (Wildman–Crippen MR) is 101 cm³/mol. The quantitative estimate of drug-likeness (QED) is 0.832. The van der Waals surface area contributed by atoms with E-state index in [4.69, 9.17) is 0 Å². The first-order chi connectivity index (χ1) is 10.7. The van der Waals surface area contributed by atoms with Gasteiger partial charge in [0.1, 0.15) is 0 Å². The zero-order valence-corrected chi connectivity index (χ0v) is 15.3. The molecule has 1 amide bonds. The summed E-state index contributed by atoms with van der Waals surface area (Å²) in [6.07, 6.45) is 0. The van der Waals surface area contributed by atoms with Gasteiger partial charge in [-0.2, -0.15) is 0 Å². The maximum absolute atomic E-state index is 12.2. The summed E-state index contributed by atoms with van der Waals surface area (Å²) in [5, 5.41) is 8.55. The normalized spacial score (nSPS) is 15.2. The molecule has 2 aromatic carbocycles. The maximum atomic E-state index is 12.2. The average molecular weight is 399 g/mol. The number of amides is 1. The second-order valence-electron chi connectivity index (χ2n) is 5.55. The van der Waals surface area contributed by atoms with E-state index in [0.717, 1.165) is 53.5 Å². The molecule has 0 atom stereocenters. The lowest BCUT2D eigenvalue weighted by Crippen LogP contribution is -2.46. The Hall–Kier alpha value is -1.14. The number of halogens is 2. The van der Waals surface area contributed by atoms with Crippen LogP contribution in [0.5, 0.6) is 0 Å². The minimum atomic E-state index is -0.0000433. The highest BCUT2D eigenvalue weighted by Crippen LogP contribution is 2.20. The second kappa shape index (κ2) is 8.64. The molecule has 1 aliphatic rings. The molecule has 0 aliphatic carbocycles. The summed E-state index contributed by atoms with van der Waals surface area (Å²) in [5.74, 6) is -0.0000433. The summed E-state index contributed by atoms with van der Waals surface area (Å²) in [5.41, 5.74) is 0.718. The molecule has 2 N–H and O–H groups in total. The van der Waals surface area contributed by atoms with Gasteiger partial charge in [-0.3, -0.25) is 9.69 Å². The number of hydrogen-bond donors (Lipinski definition) is 2. The molecule has 0 saturated carbocycles. The number of benzene rings is 2. The van der Waals surface area contributed by atoms with Crippen LogP contribution in [0.25, 0.3) is 10.8 Å². The van der Waals surface area contributed by atoms with Crippen molar-refractivity contribution in [3.05, 3.63) is 46.4 Å². The Morgan fingerprint density at radius 2 is 1.83 bits per heavy atom. The first kappa shape index (κ1) is 18.2. The molecule has 0 spiro atoms. The van der Waals surface area contributed by atoms with E-state index >= 15 is 0 Å². The van der Waals surface area contributed by atoms with Crippen LogP contribution in [-0.4, -0.2) is 50.1 Å². The molecule has 0 aromatic heterocycles. The summed E-state index contributed by atoms with van der Waals surface area (Å²) >= 11 is 3.46. The lowest BCUT2D eigenvalue weighted by atomic mass is 10.1. The van der Waals surface area contributed by atoms with Gasteiger partial charge in [0.15, 0.2) is 0 Å². The van der Waals surface area contributed by atoms with Gasteiger partial charge < -0.3 is 10.6 Å². The number of rotatable bonds is 4. The number of hydrogen-bond acceptors (Lipinski definition) is 3. The molecule has 2 aromatic rings. The highest BCUT2D eigenvalue weighted by Gasteiger charge is 2.10. The number of nitrogens with one attached hydrogen (secondary N) is 2. The van der Waals surface area contributed by atoms with Crippen molar-refractivity contribution in [2.24, 2.45) is 0 Å². The van der Waals surface area contributed by atoms with Crippen LogP contribution in [0.3, 0.4) is 0 Å². The topological polar surface area (TPSA) is 44.4 Å². The summed E-state index contributed by atoms with van der Waals surface area (Å²) < 4.78 is 1.05. The monoisotopic (exact) mass is 397 g/mol. The molecule has 0 radical (unpaired) electrons. The summed E-state index contributed by atoms with van der Waals surface area (Å²) in [7, 11) is 0. The van der Waals surface area contributed by atoms with Crippen molar-refractivity contribution in [1.82, 2.24) is 15.5 Å². The first-order valence-electron chi connectivity index (χ1n) is 7.63. The molecule has 4 nitrogen and oxygen atoms in total. The molecule has 6 heteroatoms. The highest BCUT2D eigenvalue weighted by molar-refractivity contribution is 9.10. The molecule has 0 bridgehead atoms. The minimum absolute atomic E-state index is 0. The van der Waals surface area contributed by atoms with Gasteiger partial charge in [-0.25, -0.2) is 0 Å². The van der Waals surface area contributed by atoms with E-state index < -0.39 is 0 Å². The van der Waals surface area contributed by atoms with E-state index in [-0.39, 0.29) is 18.3 Å². The summed E-state index contributed by atoms with van der Waals surface area (Å²) in [4.78, 5) is 14.6. The van der Waals surface area contributed by atoms with Gasteiger partial charge in [0.05, 0.1) is 0 Å². The van der Waals surface area contributed by atoms with Crippen LogP contribution in [0.15, 0.2) is 40.9 Å². The van der Waals surface area contributed by atoms with Gasteiger partial charge in [-0.05, 0) is 35.0 Å². The Balaban J connectivity index is 0.00000192. The largest absolute Gasteiger partial charge is 0.351 e. The van der Waals surface area contributed by atoms with Crippen molar-refractivity contribution in [1.29, 1.82) is 0 Å². The van der Waals surface area contributed by atoms with E-state index in [0.29, 0.717) is 6.54 Å². The lowest BCUT2D eigenvalue weighted by Gasteiger charge is -2.27. The molecular weight excluding hydrogens is 378 g/mol. The predicted octanol–water partition coefficient (Wildman–Crippen LogP) is 2.66. The zero-order chi connectivity index (χ0) is 15.4. The molecule has 1 fully saturated rings. The SMILES string of the molecule is Cl.O=C(NCCN1CCNCC1)c1ccc2cc(Br)ccc2c1. The third-order valence-electron chi connectivity index (χ3n) is 3.99. The van der Waals surface area contributed by atoms with E-state index in [1.165, 1.54) is 0 Å². The second-order valence-corrected chi connectivity index (χ2v) is 6.47. The third kappa shape index (κ3) is 4.91. The summed E-state index contributed by atoms with van der Waals surface area (Å²) in [6.45, 7) is 5.79. The van der Waals surface area contributed by atoms with Gasteiger partial charge in [-0.15, -0.1) is 12.4 Å². The van der Waals surface area contributed by atoms with E-state index in [2.05, 4.69) is 37.5 Å². The number of piperazine rings is 1. The van der Waals surface area contributed by atoms with Crippen LogP contribution in [0, 0.1) is 0 Å².